The number of carbonyl (C=O) groups excluding carboxylic acids is 1. The average molecular weight is 365 g/mol. The Bertz CT molecular complexity index is 810. The van der Waals surface area contributed by atoms with Gasteiger partial charge in [0.15, 0.2) is 17.5 Å². The van der Waals surface area contributed by atoms with Crippen LogP contribution in [0.3, 0.4) is 0 Å². The van der Waals surface area contributed by atoms with E-state index in [0.717, 1.165) is 25.2 Å². The predicted octanol–water partition coefficient (Wildman–Crippen LogP) is 3.08. The fourth-order valence-corrected chi connectivity index (χ4v) is 3.42. The van der Waals surface area contributed by atoms with E-state index in [1.165, 1.54) is 0 Å². The third-order valence-corrected chi connectivity index (χ3v) is 4.98. The van der Waals surface area contributed by atoms with Gasteiger partial charge in [-0.1, -0.05) is 0 Å². The van der Waals surface area contributed by atoms with Crippen LogP contribution in [0.5, 0.6) is 0 Å². The lowest BCUT2D eigenvalue weighted by atomic mass is 10.1. The van der Waals surface area contributed by atoms with E-state index >= 15 is 0 Å². The molecule has 1 unspecified atom stereocenters. The van der Waals surface area contributed by atoms with Crippen LogP contribution < -0.4 is 5.32 Å². The van der Waals surface area contributed by atoms with Gasteiger partial charge in [0.05, 0.1) is 12.8 Å². The van der Waals surface area contributed by atoms with E-state index in [4.69, 9.17) is 4.74 Å². The highest BCUT2D eigenvalue weighted by Crippen LogP contribution is 2.48. The van der Waals surface area contributed by atoms with Crippen molar-refractivity contribution < 1.29 is 22.7 Å². The molecular weight excluding hydrogens is 347 g/mol. The second-order valence-electron chi connectivity index (χ2n) is 6.86. The molecule has 0 bridgehead atoms. The molecule has 2 aromatic rings. The number of carbonyl (C=O) groups is 1. The lowest BCUT2D eigenvalue weighted by Crippen LogP contribution is -2.20. The van der Waals surface area contributed by atoms with Gasteiger partial charge in [-0.05, 0) is 36.5 Å². The molecule has 0 radical (unpaired) electrons. The topological polar surface area (TPSA) is 56.2 Å². The Morgan fingerprint density at radius 1 is 1.31 bits per heavy atom. The van der Waals surface area contributed by atoms with E-state index < -0.39 is 23.4 Å². The molecule has 4 rings (SSSR count). The van der Waals surface area contributed by atoms with Crippen molar-refractivity contribution in [2.45, 2.75) is 25.3 Å². The molecular formula is C18H18F3N3O2. The molecule has 0 spiro atoms. The van der Waals surface area contributed by atoms with Gasteiger partial charge in [0.2, 0.25) is 5.91 Å². The van der Waals surface area contributed by atoms with Gasteiger partial charge in [-0.3, -0.25) is 4.79 Å². The minimum absolute atomic E-state index is 0.232. The summed E-state index contributed by atoms with van der Waals surface area (Å²) in [7, 11) is 0. The summed E-state index contributed by atoms with van der Waals surface area (Å²) in [6.07, 6.45) is 3.04. The Balaban J connectivity index is 1.40. The van der Waals surface area contributed by atoms with Gasteiger partial charge in [-0.25, -0.2) is 17.9 Å². The van der Waals surface area contributed by atoms with Crippen LogP contribution in [0, 0.1) is 29.3 Å². The predicted molar refractivity (Wildman–Crippen MR) is 86.9 cm³/mol. The molecule has 1 aromatic carbocycles. The normalized spacial score (nSPS) is 24.7. The van der Waals surface area contributed by atoms with Gasteiger partial charge < -0.3 is 10.1 Å². The zero-order valence-corrected chi connectivity index (χ0v) is 13.9. The number of nitrogens with zero attached hydrogens (tertiary/aromatic N) is 2. The Labute approximate surface area is 148 Å². The van der Waals surface area contributed by atoms with Gasteiger partial charge in [-0.2, -0.15) is 5.10 Å². The molecule has 1 aliphatic carbocycles. The molecule has 1 amide bonds. The quantitative estimate of drug-likeness (QED) is 0.829. The molecule has 1 saturated carbocycles. The van der Waals surface area contributed by atoms with Crippen LogP contribution in [0.2, 0.25) is 0 Å². The van der Waals surface area contributed by atoms with E-state index in [1.54, 1.807) is 16.9 Å². The number of anilines is 1. The highest BCUT2D eigenvalue weighted by Gasteiger charge is 2.44. The number of benzene rings is 1. The first kappa shape index (κ1) is 17.1. The summed E-state index contributed by atoms with van der Waals surface area (Å²) >= 11 is 0. The van der Waals surface area contributed by atoms with Crippen molar-refractivity contribution in [1.82, 2.24) is 9.78 Å². The Kier molecular flexibility index (Phi) is 4.44. The molecule has 26 heavy (non-hydrogen) atoms. The fraction of sp³-hybridized carbons (Fsp3) is 0.444. The maximum absolute atomic E-state index is 13.4. The first-order chi connectivity index (χ1) is 12.5. The van der Waals surface area contributed by atoms with E-state index in [2.05, 4.69) is 10.4 Å². The molecule has 1 saturated heterocycles. The molecule has 2 fully saturated rings. The van der Waals surface area contributed by atoms with Crippen molar-refractivity contribution in [3.05, 3.63) is 47.4 Å². The Morgan fingerprint density at radius 3 is 2.77 bits per heavy atom. The fourth-order valence-electron chi connectivity index (χ4n) is 3.42. The second kappa shape index (κ2) is 6.75. The van der Waals surface area contributed by atoms with Crippen molar-refractivity contribution in [3.63, 3.8) is 0 Å². The SMILES string of the molecule is O=C(Nc1ccnn1CC1CCOC1)[C@@H]1C[C@H]1c1cc(F)c(F)c(F)c1. The molecule has 138 valence electrons. The molecule has 3 atom stereocenters. The first-order valence-corrected chi connectivity index (χ1v) is 8.58. The zero-order chi connectivity index (χ0) is 18.3. The molecule has 2 aliphatic rings. The molecule has 1 aliphatic heterocycles. The lowest BCUT2D eigenvalue weighted by molar-refractivity contribution is -0.117. The molecule has 2 heterocycles. The number of hydrogen-bond donors (Lipinski definition) is 1. The number of halogens is 3. The summed E-state index contributed by atoms with van der Waals surface area (Å²) in [6.45, 7) is 2.08. The monoisotopic (exact) mass is 365 g/mol. The summed E-state index contributed by atoms with van der Waals surface area (Å²) in [4.78, 5) is 12.4. The molecule has 1 aromatic heterocycles. The third kappa shape index (κ3) is 3.33. The standard InChI is InChI=1S/C18H18F3N3O2/c19-14-5-11(6-15(20)17(14)21)12-7-13(12)18(25)23-16-1-3-22-24(16)8-10-2-4-26-9-10/h1,3,5-6,10,12-13H,2,4,7-9H2,(H,23,25)/t10?,12-,13+/m0/s1. The van der Waals surface area contributed by atoms with Crippen LogP contribution >= 0.6 is 0 Å². The van der Waals surface area contributed by atoms with E-state index in [-0.39, 0.29) is 11.8 Å². The first-order valence-electron chi connectivity index (χ1n) is 8.58. The Hall–Kier alpha value is -2.35. The van der Waals surface area contributed by atoms with Gasteiger partial charge in [0, 0.05) is 31.1 Å². The number of nitrogens with one attached hydrogen (secondary N) is 1. The summed E-state index contributed by atoms with van der Waals surface area (Å²) in [6, 6.07) is 3.63. The number of amides is 1. The molecule has 5 nitrogen and oxygen atoms in total. The lowest BCUT2D eigenvalue weighted by Gasteiger charge is -2.12. The van der Waals surface area contributed by atoms with Crippen molar-refractivity contribution in [3.8, 4) is 0 Å². The van der Waals surface area contributed by atoms with Crippen LogP contribution in [0.25, 0.3) is 0 Å². The van der Waals surface area contributed by atoms with E-state index in [9.17, 15) is 18.0 Å². The van der Waals surface area contributed by atoms with Gasteiger partial charge in [0.1, 0.15) is 5.82 Å². The van der Waals surface area contributed by atoms with Crippen molar-refractivity contribution in [1.29, 1.82) is 0 Å². The zero-order valence-electron chi connectivity index (χ0n) is 13.9. The average Bonchev–Trinajstić information content (AvgIpc) is 3.04. The van der Waals surface area contributed by atoms with Crippen LogP contribution in [-0.2, 0) is 16.1 Å². The number of aromatic nitrogens is 2. The van der Waals surface area contributed by atoms with Gasteiger partial charge in [0.25, 0.3) is 0 Å². The van der Waals surface area contributed by atoms with Crippen LogP contribution in [0.4, 0.5) is 19.0 Å². The van der Waals surface area contributed by atoms with Crippen molar-refractivity contribution >= 4 is 11.7 Å². The van der Waals surface area contributed by atoms with Crippen LogP contribution in [0.1, 0.15) is 24.3 Å². The van der Waals surface area contributed by atoms with Crippen molar-refractivity contribution in [2.75, 3.05) is 18.5 Å². The van der Waals surface area contributed by atoms with E-state index in [0.29, 0.717) is 36.9 Å². The minimum atomic E-state index is -1.49. The van der Waals surface area contributed by atoms with Crippen LogP contribution in [-0.4, -0.2) is 28.9 Å². The summed E-state index contributed by atoms with van der Waals surface area (Å²) in [5.74, 6) is -3.93. The number of rotatable bonds is 5. The number of ether oxygens (including phenoxy) is 1. The van der Waals surface area contributed by atoms with Gasteiger partial charge >= 0.3 is 0 Å². The molecule has 8 heteroatoms. The maximum atomic E-state index is 13.4. The van der Waals surface area contributed by atoms with E-state index in [1.807, 2.05) is 0 Å². The van der Waals surface area contributed by atoms with Crippen LogP contribution in [0.15, 0.2) is 24.4 Å². The largest absolute Gasteiger partial charge is 0.381 e. The second-order valence-corrected chi connectivity index (χ2v) is 6.86. The number of hydrogen-bond acceptors (Lipinski definition) is 3. The minimum Gasteiger partial charge on any atom is -0.381 e. The Morgan fingerprint density at radius 2 is 2.08 bits per heavy atom. The summed E-state index contributed by atoms with van der Waals surface area (Å²) in [5.41, 5.74) is 0.304. The summed E-state index contributed by atoms with van der Waals surface area (Å²) < 4.78 is 46.9. The van der Waals surface area contributed by atoms with Gasteiger partial charge in [-0.15, -0.1) is 0 Å². The molecule has 1 N–H and O–H groups in total. The summed E-state index contributed by atoms with van der Waals surface area (Å²) in [5, 5.41) is 7.05. The van der Waals surface area contributed by atoms with Crippen molar-refractivity contribution in [2.24, 2.45) is 11.8 Å². The third-order valence-electron chi connectivity index (χ3n) is 4.98. The smallest absolute Gasteiger partial charge is 0.229 e. The highest BCUT2D eigenvalue weighted by atomic mass is 19.2. The maximum Gasteiger partial charge on any atom is 0.229 e. The highest BCUT2D eigenvalue weighted by molar-refractivity contribution is 5.94.